The summed E-state index contributed by atoms with van der Waals surface area (Å²) in [5.41, 5.74) is 9.30. The molecule has 0 aliphatic heterocycles. The molecule has 0 spiro atoms. The van der Waals surface area contributed by atoms with E-state index in [0.29, 0.717) is 0 Å². The summed E-state index contributed by atoms with van der Waals surface area (Å²) in [7, 11) is 0. The van der Waals surface area contributed by atoms with Crippen molar-refractivity contribution >= 4 is 86.3 Å². The summed E-state index contributed by atoms with van der Waals surface area (Å²) in [6.07, 6.45) is 0. The van der Waals surface area contributed by atoms with Gasteiger partial charge in [-0.3, -0.25) is 0 Å². The van der Waals surface area contributed by atoms with Gasteiger partial charge >= 0.3 is 0 Å². The van der Waals surface area contributed by atoms with Crippen molar-refractivity contribution in [3.8, 4) is 16.8 Å². The van der Waals surface area contributed by atoms with E-state index >= 15 is 0 Å². The van der Waals surface area contributed by atoms with E-state index in [1.165, 1.54) is 53.1 Å². The number of hydrogen-bond donors (Lipinski definition) is 0. The summed E-state index contributed by atoms with van der Waals surface area (Å²) in [5, 5.41) is 5.19. The predicted molar refractivity (Wildman–Crippen MR) is 201 cm³/mol. The lowest BCUT2D eigenvalue weighted by atomic mass is 10.0. The van der Waals surface area contributed by atoms with Crippen molar-refractivity contribution in [2.24, 2.45) is 0 Å². The van der Waals surface area contributed by atoms with Gasteiger partial charge in [-0.25, -0.2) is 0 Å². The van der Waals surface area contributed by atoms with Crippen LogP contribution in [-0.2, 0) is 0 Å². The first-order chi connectivity index (χ1) is 22.7. The van der Waals surface area contributed by atoms with Crippen LogP contribution in [0.2, 0.25) is 0 Å². The molecule has 4 heteroatoms. The number of thiophene rings is 1. The number of anilines is 3. The minimum absolute atomic E-state index is 1.09. The van der Waals surface area contributed by atoms with Crippen LogP contribution in [0, 0.1) is 0 Å². The Morgan fingerprint density at radius 2 is 1.13 bits per heavy atom. The average Bonchev–Trinajstić information content (AvgIpc) is 3.65. The first-order valence-corrected chi connectivity index (χ1v) is 17.0. The number of aromatic nitrogens is 1. The van der Waals surface area contributed by atoms with Gasteiger partial charge in [0.1, 0.15) is 0 Å². The molecule has 0 radical (unpaired) electrons. The average molecular weight is 672 g/mol. The van der Waals surface area contributed by atoms with Gasteiger partial charge in [0.25, 0.3) is 0 Å². The van der Waals surface area contributed by atoms with Crippen molar-refractivity contribution in [3.05, 3.63) is 168 Å². The number of nitrogens with zero attached hydrogens (tertiary/aromatic N) is 2. The minimum atomic E-state index is 1.09. The molecule has 0 aliphatic carbocycles. The summed E-state index contributed by atoms with van der Waals surface area (Å²) < 4.78 is 6.14. The zero-order chi connectivity index (χ0) is 30.6. The molecule has 0 saturated carbocycles. The van der Waals surface area contributed by atoms with E-state index in [-0.39, 0.29) is 0 Å². The van der Waals surface area contributed by atoms with Crippen LogP contribution in [0.25, 0.3) is 58.8 Å². The van der Waals surface area contributed by atoms with Crippen molar-refractivity contribution in [1.82, 2.24) is 4.57 Å². The number of halogens is 1. The second-order valence-electron chi connectivity index (χ2n) is 11.5. The second-order valence-corrected chi connectivity index (χ2v) is 13.4. The van der Waals surface area contributed by atoms with Gasteiger partial charge in [-0.2, -0.15) is 0 Å². The Kier molecular flexibility index (Phi) is 6.51. The third-order valence-electron chi connectivity index (χ3n) is 8.85. The third-order valence-corrected chi connectivity index (χ3v) is 10.7. The SMILES string of the molecule is Brc1ccccc1-c1ccc(N(c2ccccc2)c2ccc3c(c2)c2c4c(ccc2n3-c2ccccc2)sc2ccccc24)cc1. The molecule has 2 aromatic heterocycles. The molecule has 0 bridgehead atoms. The lowest BCUT2D eigenvalue weighted by Crippen LogP contribution is -2.09. The molecule has 0 saturated heterocycles. The number of hydrogen-bond acceptors (Lipinski definition) is 2. The van der Waals surface area contributed by atoms with Crippen LogP contribution in [0.1, 0.15) is 0 Å². The molecule has 7 aromatic carbocycles. The van der Waals surface area contributed by atoms with E-state index in [9.17, 15) is 0 Å². The molecule has 9 rings (SSSR count). The van der Waals surface area contributed by atoms with Crippen molar-refractivity contribution in [2.75, 3.05) is 4.90 Å². The summed E-state index contributed by atoms with van der Waals surface area (Å²) in [6, 6.07) is 59.0. The van der Waals surface area contributed by atoms with Crippen molar-refractivity contribution in [2.45, 2.75) is 0 Å². The Hall–Kier alpha value is -5.16. The Labute approximate surface area is 279 Å². The van der Waals surface area contributed by atoms with Crippen LogP contribution >= 0.6 is 27.3 Å². The summed E-state index contributed by atoms with van der Waals surface area (Å²) in [5.74, 6) is 0. The number of fused-ring (bicyclic) bond motifs is 7. The molecular weight excluding hydrogens is 644 g/mol. The van der Waals surface area contributed by atoms with Gasteiger partial charge in [0.15, 0.2) is 0 Å². The van der Waals surface area contributed by atoms with Crippen LogP contribution in [0.5, 0.6) is 0 Å². The monoisotopic (exact) mass is 670 g/mol. The second kappa shape index (κ2) is 11.0. The van der Waals surface area contributed by atoms with Crippen LogP contribution in [0.4, 0.5) is 17.1 Å². The molecule has 46 heavy (non-hydrogen) atoms. The van der Waals surface area contributed by atoms with Crippen LogP contribution in [-0.4, -0.2) is 4.57 Å². The lowest BCUT2D eigenvalue weighted by molar-refractivity contribution is 1.18. The maximum atomic E-state index is 3.73. The van der Waals surface area contributed by atoms with E-state index in [1.54, 1.807) is 0 Å². The smallest absolute Gasteiger partial charge is 0.0548 e. The van der Waals surface area contributed by atoms with Gasteiger partial charge in [-0.05, 0) is 90.0 Å². The van der Waals surface area contributed by atoms with Gasteiger partial charge in [-0.1, -0.05) is 101 Å². The molecule has 9 aromatic rings. The van der Waals surface area contributed by atoms with Crippen LogP contribution in [0.15, 0.2) is 168 Å². The highest BCUT2D eigenvalue weighted by Gasteiger charge is 2.20. The van der Waals surface area contributed by atoms with Crippen molar-refractivity contribution in [3.63, 3.8) is 0 Å². The molecule has 0 amide bonds. The fourth-order valence-corrected chi connectivity index (χ4v) is 8.45. The van der Waals surface area contributed by atoms with E-state index in [0.717, 1.165) is 27.2 Å². The van der Waals surface area contributed by atoms with Gasteiger partial charge in [0.2, 0.25) is 0 Å². The molecule has 2 heterocycles. The molecule has 0 unspecified atom stereocenters. The number of para-hydroxylation sites is 2. The fourth-order valence-electron chi connectivity index (χ4n) is 6.82. The molecule has 218 valence electrons. The standard InChI is InChI=1S/C42H27BrN2S/c43-36-17-9-7-15-33(36)28-19-21-31(22-20-28)44(29-11-3-1-4-12-29)32-23-24-37-35(27-32)41-38(45(37)30-13-5-2-6-14-30)25-26-40-42(41)34-16-8-10-18-39(34)46-40/h1-27H. The van der Waals surface area contributed by atoms with E-state index in [4.69, 9.17) is 0 Å². The zero-order valence-electron chi connectivity index (χ0n) is 24.8. The van der Waals surface area contributed by atoms with E-state index in [2.05, 4.69) is 189 Å². The molecule has 2 nitrogen and oxygen atoms in total. The predicted octanol–water partition coefficient (Wildman–Crippen LogP) is 13.1. The normalized spacial score (nSPS) is 11.6. The highest BCUT2D eigenvalue weighted by atomic mass is 79.9. The molecule has 0 N–H and O–H groups in total. The molecule has 0 aliphatic rings. The van der Waals surface area contributed by atoms with Crippen molar-refractivity contribution in [1.29, 1.82) is 0 Å². The maximum Gasteiger partial charge on any atom is 0.0548 e. The molecule has 0 atom stereocenters. The topological polar surface area (TPSA) is 8.17 Å². The summed E-state index contributed by atoms with van der Waals surface area (Å²) in [4.78, 5) is 2.36. The fraction of sp³-hybridized carbons (Fsp3) is 0. The quantitative estimate of drug-likeness (QED) is 0.177. The first-order valence-electron chi connectivity index (χ1n) is 15.4. The zero-order valence-corrected chi connectivity index (χ0v) is 27.2. The van der Waals surface area contributed by atoms with Crippen molar-refractivity contribution < 1.29 is 0 Å². The Balaban J connectivity index is 1.31. The van der Waals surface area contributed by atoms with Crippen LogP contribution in [0.3, 0.4) is 0 Å². The summed E-state index contributed by atoms with van der Waals surface area (Å²) in [6.45, 7) is 0. The van der Waals surface area contributed by atoms with Gasteiger partial charge in [0, 0.05) is 58.2 Å². The van der Waals surface area contributed by atoms with E-state index in [1.807, 2.05) is 11.3 Å². The maximum absolute atomic E-state index is 3.73. The number of benzene rings is 7. The highest BCUT2D eigenvalue weighted by Crippen LogP contribution is 2.45. The molecule has 0 fully saturated rings. The largest absolute Gasteiger partial charge is 0.310 e. The first kappa shape index (κ1) is 27.2. The van der Waals surface area contributed by atoms with Gasteiger partial charge < -0.3 is 9.47 Å². The van der Waals surface area contributed by atoms with E-state index < -0.39 is 0 Å². The van der Waals surface area contributed by atoms with Crippen LogP contribution < -0.4 is 4.90 Å². The number of rotatable bonds is 5. The Morgan fingerprint density at radius 3 is 1.93 bits per heavy atom. The van der Waals surface area contributed by atoms with Gasteiger partial charge in [0.05, 0.1) is 11.0 Å². The summed E-state index contributed by atoms with van der Waals surface area (Å²) >= 11 is 5.60. The Morgan fingerprint density at radius 1 is 0.478 bits per heavy atom. The minimum Gasteiger partial charge on any atom is -0.310 e. The third kappa shape index (κ3) is 4.37. The highest BCUT2D eigenvalue weighted by molar-refractivity contribution is 9.10. The lowest BCUT2D eigenvalue weighted by Gasteiger charge is -2.26. The molecular formula is C42H27BrN2S. The van der Waals surface area contributed by atoms with Gasteiger partial charge in [-0.15, -0.1) is 11.3 Å². The Bertz CT molecular complexity index is 2530.